The van der Waals surface area contributed by atoms with Crippen molar-refractivity contribution in [3.8, 4) is 22.6 Å². The van der Waals surface area contributed by atoms with E-state index in [1.807, 2.05) is 18.2 Å². The van der Waals surface area contributed by atoms with E-state index in [4.69, 9.17) is 9.47 Å². The van der Waals surface area contributed by atoms with Gasteiger partial charge in [0.05, 0.1) is 6.61 Å². The summed E-state index contributed by atoms with van der Waals surface area (Å²) in [7, 11) is 0. The summed E-state index contributed by atoms with van der Waals surface area (Å²) in [5.41, 5.74) is 4.17. The summed E-state index contributed by atoms with van der Waals surface area (Å²) in [4.78, 5) is 11.6. The Kier molecular flexibility index (Phi) is 7.91. The molecule has 0 aliphatic rings. The molecule has 0 bridgehead atoms. The normalized spacial score (nSPS) is 13.0. The van der Waals surface area contributed by atoms with Crippen LogP contribution in [0.15, 0.2) is 36.4 Å². The molecule has 0 aliphatic heterocycles. The molecule has 0 heterocycles. The first-order valence-electron chi connectivity index (χ1n) is 10.2. The molecule has 0 saturated heterocycles. The Bertz CT molecular complexity index is 797. The van der Waals surface area contributed by atoms with E-state index in [9.17, 15) is 9.90 Å². The van der Waals surface area contributed by atoms with Gasteiger partial charge in [0.1, 0.15) is 11.5 Å². The van der Waals surface area contributed by atoms with Crippen LogP contribution in [0.1, 0.15) is 70.4 Å². The molecule has 0 saturated carbocycles. The summed E-state index contributed by atoms with van der Waals surface area (Å²) in [6.45, 7) is 10.6. The smallest absolute Gasteiger partial charge is 0.344 e. The minimum atomic E-state index is -0.363. The number of rotatable bonds is 9. The molecule has 2 unspecified atom stereocenters. The second-order valence-corrected chi connectivity index (χ2v) is 7.24. The van der Waals surface area contributed by atoms with Gasteiger partial charge in [0.25, 0.3) is 0 Å². The van der Waals surface area contributed by atoms with Gasteiger partial charge in [0.2, 0.25) is 0 Å². The number of carbonyl (C=O) groups is 1. The van der Waals surface area contributed by atoms with Crippen molar-refractivity contribution in [2.45, 2.75) is 59.3 Å². The van der Waals surface area contributed by atoms with Gasteiger partial charge in [-0.05, 0) is 78.1 Å². The fourth-order valence-electron chi connectivity index (χ4n) is 3.15. The fraction of sp³-hybridized carbons (Fsp3) is 0.458. The van der Waals surface area contributed by atoms with Gasteiger partial charge in [-0.25, -0.2) is 4.79 Å². The lowest BCUT2D eigenvalue weighted by Crippen LogP contribution is -2.15. The summed E-state index contributed by atoms with van der Waals surface area (Å²) in [6, 6.07) is 11.8. The third-order valence-corrected chi connectivity index (χ3v) is 5.31. The van der Waals surface area contributed by atoms with E-state index in [2.05, 4.69) is 39.8 Å². The van der Waals surface area contributed by atoms with Crippen LogP contribution in [0, 0.1) is 0 Å². The number of phenolic OH excluding ortho intramolecular Hbond substituents is 1. The summed E-state index contributed by atoms with van der Waals surface area (Å²) < 4.78 is 10.7. The van der Waals surface area contributed by atoms with Crippen LogP contribution in [-0.4, -0.2) is 24.3 Å². The van der Waals surface area contributed by atoms with Crippen LogP contribution >= 0.6 is 0 Å². The average molecular weight is 385 g/mol. The fourth-order valence-corrected chi connectivity index (χ4v) is 3.15. The van der Waals surface area contributed by atoms with E-state index < -0.39 is 0 Å². The Morgan fingerprint density at radius 3 is 2.11 bits per heavy atom. The second-order valence-electron chi connectivity index (χ2n) is 7.24. The summed E-state index contributed by atoms with van der Waals surface area (Å²) in [5.74, 6) is 1.28. The first-order chi connectivity index (χ1) is 13.4. The number of aromatic hydroxyl groups is 1. The zero-order valence-corrected chi connectivity index (χ0v) is 17.6. The van der Waals surface area contributed by atoms with Crippen molar-refractivity contribution >= 4 is 5.97 Å². The van der Waals surface area contributed by atoms with Crippen molar-refractivity contribution in [2.75, 3.05) is 13.2 Å². The third kappa shape index (κ3) is 5.28. The van der Waals surface area contributed by atoms with E-state index >= 15 is 0 Å². The predicted octanol–water partition coefficient (Wildman–Crippen LogP) is 6.03. The highest BCUT2D eigenvalue weighted by molar-refractivity contribution is 5.72. The Balaban J connectivity index is 2.38. The monoisotopic (exact) mass is 384 g/mol. The van der Waals surface area contributed by atoms with Crippen LogP contribution in [0.25, 0.3) is 11.1 Å². The molecular weight excluding hydrogens is 352 g/mol. The number of benzene rings is 2. The Hall–Kier alpha value is -2.49. The van der Waals surface area contributed by atoms with Crippen molar-refractivity contribution in [3.05, 3.63) is 47.5 Å². The SMILES string of the molecule is CCOC(=O)COc1ccc(-c2ccc(O)c(C(C)CC)c2)cc1C(C)CC. The van der Waals surface area contributed by atoms with Crippen molar-refractivity contribution in [2.24, 2.45) is 0 Å². The van der Waals surface area contributed by atoms with Gasteiger partial charge in [-0.3, -0.25) is 0 Å². The van der Waals surface area contributed by atoms with E-state index in [0.29, 0.717) is 29.9 Å². The van der Waals surface area contributed by atoms with Gasteiger partial charge in [-0.2, -0.15) is 0 Å². The van der Waals surface area contributed by atoms with Crippen molar-refractivity contribution in [3.63, 3.8) is 0 Å². The van der Waals surface area contributed by atoms with Crippen LogP contribution in [0.5, 0.6) is 11.5 Å². The molecule has 152 valence electrons. The molecule has 0 spiro atoms. The predicted molar refractivity (Wildman–Crippen MR) is 113 cm³/mol. The van der Waals surface area contributed by atoms with E-state index in [0.717, 1.165) is 35.1 Å². The lowest BCUT2D eigenvalue weighted by molar-refractivity contribution is -0.145. The topological polar surface area (TPSA) is 55.8 Å². The van der Waals surface area contributed by atoms with E-state index in [1.165, 1.54) is 0 Å². The van der Waals surface area contributed by atoms with Gasteiger partial charge >= 0.3 is 5.97 Å². The number of hydrogen-bond acceptors (Lipinski definition) is 4. The average Bonchev–Trinajstić information content (AvgIpc) is 2.71. The molecule has 28 heavy (non-hydrogen) atoms. The quantitative estimate of drug-likeness (QED) is 0.536. The molecule has 1 N–H and O–H groups in total. The molecular formula is C24H32O4. The molecule has 0 amide bonds. The zero-order valence-electron chi connectivity index (χ0n) is 17.6. The number of esters is 1. The maximum absolute atomic E-state index is 11.6. The minimum absolute atomic E-state index is 0.0893. The Morgan fingerprint density at radius 2 is 1.50 bits per heavy atom. The second kappa shape index (κ2) is 10.2. The van der Waals surface area contributed by atoms with E-state index in [1.54, 1.807) is 13.0 Å². The van der Waals surface area contributed by atoms with Gasteiger partial charge in [0.15, 0.2) is 6.61 Å². The Labute approximate surface area is 168 Å². The van der Waals surface area contributed by atoms with Gasteiger partial charge in [-0.15, -0.1) is 0 Å². The standard InChI is InChI=1S/C24H32O4/c1-6-16(4)20-13-18(9-11-22(20)25)19-10-12-23(21(14-19)17(5)7-2)28-15-24(26)27-8-3/h9-14,16-17,25H,6-8,15H2,1-5H3. The van der Waals surface area contributed by atoms with Crippen molar-refractivity contribution in [1.29, 1.82) is 0 Å². The summed E-state index contributed by atoms with van der Waals surface area (Å²) >= 11 is 0. The van der Waals surface area contributed by atoms with Gasteiger partial charge < -0.3 is 14.6 Å². The van der Waals surface area contributed by atoms with Crippen LogP contribution in [-0.2, 0) is 9.53 Å². The van der Waals surface area contributed by atoms with Crippen LogP contribution in [0.3, 0.4) is 0 Å². The van der Waals surface area contributed by atoms with Crippen LogP contribution < -0.4 is 4.74 Å². The maximum atomic E-state index is 11.6. The first kappa shape index (κ1) is 21.8. The maximum Gasteiger partial charge on any atom is 0.344 e. The first-order valence-corrected chi connectivity index (χ1v) is 10.2. The van der Waals surface area contributed by atoms with Crippen LogP contribution in [0.2, 0.25) is 0 Å². The highest BCUT2D eigenvalue weighted by atomic mass is 16.6. The number of carbonyl (C=O) groups excluding carboxylic acids is 1. The van der Waals surface area contributed by atoms with Crippen LogP contribution in [0.4, 0.5) is 0 Å². The zero-order chi connectivity index (χ0) is 20.7. The lowest BCUT2D eigenvalue weighted by atomic mass is 9.91. The Morgan fingerprint density at radius 1 is 0.929 bits per heavy atom. The number of hydrogen-bond donors (Lipinski definition) is 1. The highest BCUT2D eigenvalue weighted by Crippen LogP contribution is 2.36. The highest BCUT2D eigenvalue weighted by Gasteiger charge is 2.15. The lowest BCUT2D eigenvalue weighted by Gasteiger charge is -2.18. The molecule has 4 nitrogen and oxygen atoms in total. The molecule has 0 aliphatic carbocycles. The molecule has 4 heteroatoms. The summed E-state index contributed by atoms with van der Waals surface area (Å²) in [5, 5.41) is 10.2. The molecule has 2 aromatic carbocycles. The molecule has 0 aromatic heterocycles. The molecule has 2 atom stereocenters. The number of ether oxygens (including phenoxy) is 2. The molecule has 2 rings (SSSR count). The number of phenols is 1. The van der Waals surface area contributed by atoms with Crippen molar-refractivity contribution in [1.82, 2.24) is 0 Å². The largest absolute Gasteiger partial charge is 0.508 e. The molecule has 2 aromatic rings. The third-order valence-electron chi connectivity index (χ3n) is 5.31. The molecule has 0 fully saturated rings. The van der Waals surface area contributed by atoms with E-state index in [-0.39, 0.29) is 12.6 Å². The van der Waals surface area contributed by atoms with Crippen molar-refractivity contribution < 1.29 is 19.4 Å². The minimum Gasteiger partial charge on any atom is -0.508 e. The van der Waals surface area contributed by atoms with Gasteiger partial charge in [0, 0.05) is 0 Å². The van der Waals surface area contributed by atoms with Gasteiger partial charge in [-0.1, -0.05) is 39.8 Å². The molecule has 0 radical (unpaired) electrons. The summed E-state index contributed by atoms with van der Waals surface area (Å²) in [6.07, 6.45) is 1.93.